The number of nitriles is 1. The summed E-state index contributed by atoms with van der Waals surface area (Å²) in [6.07, 6.45) is 4.65. The third-order valence-corrected chi connectivity index (χ3v) is 4.28. The molecule has 3 rings (SSSR count). The van der Waals surface area contributed by atoms with E-state index >= 15 is 0 Å². The highest BCUT2D eigenvalue weighted by Gasteiger charge is 2.32. The van der Waals surface area contributed by atoms with E-state index in [1.807, 2.05) is 6.07 Å². The first-order valence-corrected chi connectivity index (χ1v) is 7.36. The smallest absolute Gasteiger partial charge is 0.293 e. The first kappa shape index (κ1) is 13.8. The zero-order valence-electron chi connectivity index (χ0n) is 11.8. The summed E-state index contributed by atoms with van der Waals surface area (Å²) in [6.45, 7) is 2.12. The number of piperidine rings is 1. The molecule has 2 aliphatic rings. The van der Waals surface area contributed by atoms with Gasteiger partial charge in [-0.1, -0.05) is 0 Å². The van der Waals surface area contributed by atoms with E-state index in [2.05, 4.69) is 10.2 Å². The van der Waals surface area contributed by atoms with Crippen LogP contribution in [-0.4, -0.2) is 35.0 Å². The fourth-order valence-electron chi connectivity index (χ4n) is 2.94. The summed E-state index contributed by atoms with van der Waals surface area (Å²) in [5.41, 5.74) is 0.818. The van der Waals surface area contributed by atoms with Crippen molar-refractivity contribution in [3.05, 3.63) is 33.9 Å². The molecule has 1 aliphatic heterocycles. The first-order chi connectivity index (χ1) is 10.2. The van der Waals surface area contributed by atoms with Gasteiger partial charge in [0.1, 0.15) is 5.69 Å². The van der Waals surface area contributed by atoms with E-state index in [-0.39, 0.29) is 11.7 Å². The summed E-state index contributed by atoms with van der Waals surface area (Å²) in [5, 5.41) is 23.3. The lowest BCUT2D eigenvalue weighted by molar-refractivity contribution is -0.384. The van der Waals surface area contributed by atoms with E-state index in [1.54, 1.807) is 12.1 Å². The van der Waals surface area contributed by atoms with Crippen LogP contribution >= 0.6 is 0 Å². The van der Waals surface area contributed by atoms with Crippen molar-refractivity contribution in [1.29, 1.82) is 5.26 Å². The van der Waals surface area contributed by atoms with Crippen LogP contribution in [0.5, 0.6) is 0 Å². The Morgan fingerprint density at radius 1 is 1.29 bits per heavy atom. The number of nitrogens with one attached hydrogen (secondary N) is 1. The van der Waals surface area contributed by atoms with Gasteiger partial charge < -0.3 is 10.2 Å². The Hall–Kier alpha value is -2.13. The van der Waals surface area contributed by atoms with Crippen LogP contribution in [0.2, 0.25) is 0 Å². The minimum Gasteiger partial charge on any atom is -0.377 e. The van der Waals surface area contributed by atoms with Crippen molar-refractivity contribution in [2.24, 2.45) is 0 Å². The summed E-state index contributed by atoms with van der Waals surface area (Å²) in [6, 6.07) is 7.59. The Morgan fingerprint density at radius 2 is 2.00 bits per heavy atom. The van der Waals surface area contributed by atoms with Gasteiger partial charge in [-0.3, -0.25) is 10.1 Å². The number of likely N-dealkylation sites (tertiary alicyclic amines) is 1. The Kier molecular flexibility index (Phi) is 3.76. The van der Waals surface area contributed by atoms with Gasteiger partial charge in [0.05, 0.1) is 16.6 Å². The molecule has 0 atom stereocenters. The number of hydrogen-bond acceptors (Lipinski definition) is 5. The molecule has 0 spiro atoms. The number of nitro groups is 1. The summed E-state index contributed by atoms with van der Waals surface area (Å²) in [7, 11) is 0. The zero-order chi connectivity index (χ0) is 14.8. The van der Waals surface area contributed by atoms with Gasteiger partial charge in [-0.2, -0.15) is 5.26 Å². The molecular formula is C15H18N4O2. The average Bonchev–Trinajstić information content (AvgIpc) is 3.33. The molecule has 0 unspecified atom stereocenters. The highest BCUT2D eigenvalue weighted by atomic mass is 16.6. The summed E-state index contributed by atoms with van der Waals surface area (Å²) in [5.74, 6) is 0. The number of rotatable bonds is 4. The highest BCUT2D eigenvalue weighted by molar-refractivity contribution is 5.64. The molecule has 0 radical (unpaired) electrons. The summed E-state index contributed by atoms with van der Waals surface area (Å²) in [4.78, 5) is 13.2. The molecule has 1 heterocycles. The molecule has 1 saturated heterocycles. The number of anilines is 1. The lowest BCUT2D eigenvalue weighted by atomic mass is 10.0. The quantitative estimate of drug-likeness (QED) is 0.679. The Labute approximate surface area is 123 Å². The molecular weight excluding hydrogens is 268 g/mol. The monoisotopic (exact) mass is 286 g/mol. The fraction of sp³-hybridized carbons (Fsp3) is 0.533. The number of hydrogen-bond donors (Lipinski definition) is 1. The van der Waals surface area contributed by atoms with Crippen LogP contribution in [0, 0.1) is 21.4 Å². The largest absolute Gasteiger partial charge is 0.377 e. The molecule has 1 aliphatic carbocycles. The van der Waals surface area contributed by atoms with Gasteiger partial charge in [-0.25, -0.2) is 0 Å². The molecule has 110 valence electrons. The van der Waals surface area contributed by atoms with Crippen molar-refractivity contribution >= 4 is 11.4 Å². The minimum atomic E-state index is -0.428. The van der Waals surface area contributed by atoms with E-state index in [4.69, 9.17) is 5.26 Å². The highest BCUT2D eigenvalue weighted by Crippen LogP contribution is 2.31. The number of benzene rings is 1. The first-order valence-electron chi connectivity index (χ1n) is 7.36. The lowest BCUT2D eigenvalue weighted by Crippen LogP contribution is -2.40. The van der Waals surface area contributed by atoms with Crippen molar-refractivity contribution in [3.8, 4) is 6.07 Å². The second kappa shape index (κ2) is 5.70. The number of nitro benzene ring substituents is 1. The van der Waals surface area contributed by atoms with Gasteiger partial charge in [0.15, 0.2) is 0 Å². The molecule has 0 bridgehead atoms. The second-order valence-electron chi connectivity index (χ2n) is 5.79. The van der Waals surface area contributed by atoms with Crippen LogP contribution in [-0.2, 0) is 0 Å². The fourth-order valence-corrected chi connectivity index (χ4v) is 2.94. The SMILES string of the molecule is N#Cc1ccc(NC2CCN(C3CC3)CC2)c([N+](=O)[O-])c1. The Bertz CT molecular complexity index is 584. The van der Waals surface area contributed by atoms with Crippen LogP contribution in [0.4, 0.5) is 11.4 Å². The van der Waals surface area contributed by atoms with Crippen molar-refractivity contribution in [3.63, 3.8) is 0 Å². The summed E-state index contributed by atoms with van der Waals surface area (Å²) < 4.78 is 0. The molecule has 6 heteroatoms. The third-order valence-electron chi connectivity index (χ3n) is 4.28. The molecule has 21 heavy (non-hydrogen) atoms. The van der Waals surface area contributed by atoms with Crippen LogP contribution < -0.4 is 5.32 Å². The zero-order valence-corrected chi connectivity index (χ0v) is 11.8. The topological polar surface area (TPSA) is 82.2 Å². The standard InChI is InChI=1S/C15H18N4O2/c16-10-11-1-4-14(15(9-11)19(20)21)17-12-5-7-18(8-6-12)13-2-3-13/h1,4,9,12-13,17H,2-3,5-8H2. The van der Waals surface area contributed by atoms with E-state index in [1.165, 1.54) is 18.9 Å². The molecule has 0 amide bonds. The molecule has 2 fully saturated rings. The van der Waals surface area contributed by atoms with E-state index in [0.29, 0.717) is 11.3 Å². The molecule has 6 nitrogen and oxygen atoms in total. The van der Waals surface area contributed by atoms with E-state index in [0.717, 1.165) is 32.0 Å². The molecule has 1 N–H and O–H groups in total. The Morgan fingerprint density at radius 3 is 2.57 bits per heavy atom. The minimum absolute atomic E-state index is 0.0151. The number of nitrogens with zero attached hydrogens (tertiary/aromatic N) is 3. The van der Waals surface area contributed by atoms with E-state index < -0.39 is 4.92 Å². The van der Waals surface area contributed by atoms with Gasteiger partial charge in [0.2, 0.25) is 0 Å². The van der Waals surface area contributed by atoms with Gasteiger partial charge in [0.25, 0.3) is 5.69 Å². The van der Waals surface area contributed by atoms with Crippen molar-refractivity contribution in [2.75, 3.05) is 18.4 Å². The predicted molar refractivity (Wildman–Crippen MR) is 79.1 cm³/mol. The van der Waals surface area contributed by atoms with E-state index in [9.17, 15) is 10.1 Å². The van der Waals surface area contributed by atoms with Crippen molar-refractivity contribution in [1.82, 2.24) is 4.90 Å². The van der Waals surface area contributed by atoms with Crippen molar-refractivity contribution in [2.45, 2.75) is 37.8 Å². The average molecular weight is 286 g/mol. The Balaban J connectivity index is 1.67. The van der Waals surface area contributed by atoms with Crippen LogP contribution in [0.1, 0.15) is 31.2 Å². The third kappa shape index (κ3) is 3.14. The van der Waals surface area contributed by atoms with Gasteiger partial charge in [-0.15, -0.1) is 0 Å². The molecule has 0 aromatic heterocycles. The lowest BCUT2D eigenvalue weighted by Gasteiger charge is -2.32. The van der Waals surface area contributed by atoms with Gasteiger partial charge >= 0.3 is 0 Å². The molecule has 1 aromatic rings. The van der Waals surface area contributed by atoms with Gasteiger partial charge in [0, 0.05) is 31.2 Å². The maximum absolute atomic E-state index is 11.1. The maximum atomic E-state index is 11.1. The van der Waals surface area contributed by atoms with Crippen LogP contribution in [0.25, 0.3) is 0 Å². The van der Waals surface area contributed by atoms with Crippen LogP contribution in [0.15, 0.2) is 18.2 Å². The predicted octanol–water partition coefficient (Wildman–Crippen LogP) is 2.51. The molecule has 1 saturated carbocycles. The second-order valence-corrected chi connectivity index (χ2v) is 5.79. The van der Waals surface area contributed by atoms with Gasteiger partial charge in [-0.05, 0) is 37.8 Å². The molecule has 1 aromatic carbocycles. The summed E-state index contributed by atoms with van der Waals surface area (Å²) >= 11 is 0. The van der Waals surface area contributed by atoms with Crippen LogP contribution in [0.3, 0.4) is 0 Å². The van der Waals surface area contributed by atoms with Crippen molar-refractivity contribution < 1.29 is 4.92 Å². The normalized spacial score (nSPS) is 20.0. The maximum Gasteiger partial charge on any atom is 0.293 e.